The Morgan fingerprint density at radius 1 is 1.45 bits per heavy atom. The summed E-state index contributed by atoms with van der Waals surface area (Å²) in [5.74, 6) is 0. The van der Waals surface area contributed by atoms with Crippen LogP contribution >= 0.6 is 11.3 Å². The number of hydrogen-bond donors (Lipinski definition) is 1. The van der Waals surface area contributed by atoms with E-state index in [1.807, 2.05) is 6.92 Å². The second-order valence-corrected chi connectivity index (χ2v) is 7.10. The number of nitrogens with zero attached hydrogens (tertiary/aromatic N) is 2. The summed E-state index contributed by atoms with van der Waals surface area (Å²) in [4.78, 5) is 6.89. The molecule has 5 heteroatoms. The van der Waals surface area contributed by atoms with Gasteiger partial charge in [0.15, 0.2) is 0 Å². The highest BCUT2D eigenvalue weighted by Crippen LogP contribution is 2.31. The zero-order valence-corrected chi connectivity index (χ0v) is 13.0. The van der Waals surface area contributed by atoms with Crippen LogP contribution in [0.1, 0.15) is 48.9 Å². The highest BCUT2D eigenvalue weighted by Gasteiger charge is 2.34. The van der Waals surface area contributed by atoms with E-state index in [1.54, 1.807) is 11.3 Å². The van der Waals surface area contributed by atoms with Gasteiger partial charge in [-0.1, -0.05) is 19.3 Å². The molecule has 1 saturated carbocycles. The third kappa shape index (κ3) is 3.39. The average Bonchev–Trinajstić information content (AvgIpc) is 2.86. The van der Waals surface area contributed by atoms with Crippen LogP contribution in [0.3, 0.4) is 0 Å². The Kier molecular flexibility index (Phi) is 4.40. The van der Waals surface area contributed by atoms with Crippen molar-refractivity contribution >= 4 is 11.3 Å². The topological polar surface area (TPSA) is 45.6 Å². The number of hydrogen-bond acceptors (Lipinski definition) is 5. The van der Waals surface area contributed by atoms with Crippen molar-refractivity contribution in [2.24, 2.45) is 0 Å². The standard InChI is InChI=1S/C15H24N2O2S/c1-12-10-20-14(16-12)13-9-17(7-8-19-13)11-15(18)5-3-2-4-6-15/h10,13,18H,2-9,11H2,1H3/t13-/m1/s1. The smallest absolute Gasteiger partial charge is 0.123 e. The van der Waals surface area contributed by atoms with E-state index < -0.39 is 5.60 Å². The lowest BCUT2D eigenvalue weighted by Gasteiger charge is -2.40. The number of β-amino-alcohol motifs (C(OH)–C–C–N with tert-alkyl or cyclic N) is 1. The Morgan fingerprint density at radius 3 is 2.95 bits per heavy atom. The Morgan fingerprint density at radius 2 is 2.25 bits per heavy atom. The minimum absolute atomic E-state index is 0.0784. The molecular formula is C15H24N2O2S. The Bertz CT molecular complexity index is 443. The molecule has 1 atom stereocenters. The van der Waals surface area contributed by atoms with Crippen LogP contribution in [-0.2, 0) is 4.74 Å². The van der Waals surface area contributed by atoms with Gasteiger partial charge < -0.3 is 9.84 Å². The zero-order chi connectivity index (χ0) is 14.0. The molecule has 2 fully saturated rings. The first kappa shape index (κ1) is 14.4. The molecule has 1 aromatic rings. The van der Waals surface area contributed by atoms with E-state index in [2.05, 4.69) is 15.3 Å². The summed E-state index contributed by atoms with van der Waals surface area (Å²) in [6.07, 6.45) is 5.57. The number of rotatable bonds is 3. The predicted molar refractivity (Wildman–Crippen MR) is 80.0 cm³/mol. The summed E-state index contributed by atoms with van der Waals surface area (Å²) in [5, 5.41) is 13.8. The highest BCUT2D eigenvalue weighted by molar-refractivity contribution is 7.09. The van der Waals surface area contributed by atoms with Crippen molar-refractivity contribution in [3.63, 3.8) is 0 Å². The van der Waals surface area contributed by atoms with Gasteiger partial charge in [0.2, 0.25) is 0 Å². The Labute approximate surface area is 124 Å². The fourth-order valence-electron chi connectivity index (χ4n) is 3.30. The quantitative estimate of drug-likeness (QED) is 0.931. The van der Waals surface area contributed by atoms with Gasteiger partial charge in [-0.3, -0.25) is 4.90 Å². The molecular weight excluding hydrogens is 272 g/mol. The van der Waals surface area contributed by atoms with E-state index in [-0.39, 0.29) is 6.10 Å². The minimum Gasteiger partial charge on any atom is -0.389 e. The fraction of sp³-hybridized carbons (Fsp3) is 0.800. The number of aromatic nitrogens is 1. The predicted octanol–water partition coefficient (Wildman–Crippen LogP) is 2.52. The van der Waals surface area contributed by atoms with Crippen LogP contribution < -0.4 is 0 Å². The van der Waals surface area contributed by atoms with Gasteiger partial charge in [0.05, 0.1) is 12.2 Å². The molecule has 1 saturated heterocycles. The first-order chi connectivity index (χ1) is 9.65. The van der Waals surface area contributed by atoms with Gasteiger partial charge in [-0.05, 0) is 19.8 Å². The molecule has 1 aromatic heterocycles. The molecule has 2 aliphatic rings. The van der Waals surface area contributed by atoms with Crippen LogP contribution in [0.15, 0.2) is 5.38 Å². The summed E-state index contributed by atoms with van der Waals surface area (Å²) < 4.78 is 5.85. The highest BCUT2D eigenvalue weighted by atomic mass is 32.1. The first-order valence-corrected chi connectivity index (χ1v) is 8.51. The van der Waals surface area contributed by atoms with Gasteiger partial charge in [-0.15, -0.1) is 11.3 Å². The number of thiazole rings is 1. The second kappa shape index (κ2) is 6.10. The summed E-state index contributed by atoms with van der Waals surface area (Å²) >= 11 is 1.68. The minimum atomic E-state index is -0.473. The Balaban J connectivity index is 1.60. The number of aryl methyl sites for hydroxylation is 1. The van der Waals surface area contributed by atoms with Crippen molar-refractivity contribution in [2.75, 3.05) is 26.2 Å². The van der Waals surface area contributed by atoms with Crippen molar-refractivity contribution in [3.05, 3.63) is 16.1 Å². The number of morpholine rings is 1. The molecule has 0 radical (unpaired) electrons. The molecule has 2 heterocycles. The van der Waals surface area contributed by atoms with E-state index in [4.69, 9.17) is 4.74 Å². The Hall–Kier alpha value is -0.490. The maximum atomic E-state index is 10.7. The van der Waals surface area contributed by atoms with Crippen LogP contribution in [0.2, 0.25) is 0 Å². The molecule has 1 N–H and O–H groups in total. The monoisotopic (exact) mass is 296 g/mol. The van der Waals surface area contributed by atoms with Gasteiger partial charge in [0, 0.05) is 30.7 Å². The fourth-order valence-corrected chi connectivity index (χ4v) is 4.13. The van der Waals surface area contributed by atoms with E-state index in [9.17, 15) is 5.11 Å². The van der Waals surface area contributed by atoms with Crippen molar-refractivity contribution in [1.29, 1.82) is 0 Å². The molecule has 0 bridgehead atoms. The third-order valence-corrected chi connectivity index (χ3v) is 5.42. The lowest BCUT2D eigenvalue weighted by Crippen LogP contribution is -2.49. The van der Waals surface area contributed by atoms with Crippen molar-refractivity contribution < 1.29 is 9.84 Å². The zero-order valence-electron chi connectivity index (χ0n) is 12.2. The van der Waals surface area contributed by atoms with Gasteiger partial charge in [0.1, 0.15) is 11.1 Å². The SMILES string of the molecule is Cc1csc([C@H]2CN(CC3(O)CCCCC3)CCO2)n1. The van der Waals surface area contributed by atoms with Crippen LogP contribution in [-0.4, -0.2) is 46.8 Å². The van der Waals surface area contributed by atoms with E-state index >= 15 is 0 Å². The van der Waals surface area contributed by atoms with Crippen molar-refractivity contribution in [1.82, 2.24) is 9.88 Å². The maximum Gasteiger partial charge on any atom is 0.123 e. The number of ether oxygens (including phenoxy) is 1. The summed E-state index contributed by atoms with van der Waals surface area (Å²) in [6, 6.07) is 0. The second-order valence-electron chi connectivity index (χ2n) is 6.21. The van der Waals surface area contributed by atoms with Crippen LogP contribution in [0, 0.1) is 6.92 Å². The molecule has 1 aliphatic carbocycles. The van der Waals surface area contributed by atoms with E-state index in [0.29, 0.717) is 0 Å². The van der Waals surface area contributed by atoms with Gasteiger partial charge in [-0.2, -0.15) is 0 Å². The van der Waals surface area contributed by atoms with Crippen LogP contribution in [0.5, 0.6) is 0 Å². The van der Waals surface area contributed by atoms with Gasteiger partial charge >= 0.3 is 0 Å². The van der Waals surface area contributed by atoms with Crippen molar-refractivity contribution in [2.45, 2.75) is 50.7 Å². The normalized spacial score (nSPS) is 27.6. The van der Waals surface area contributed by atoms with Gasteiger partial charge in [0.25, 0.3) is 0 Å². The molecule has 0 unspecified atom stereocenters. The lowest BCUT2D eigenvalue weighted by atomic mass is 9.84. The van der Waals surface area contributed by atoms with E-state index in [1.165, 1.54) is 6.42 Å². The molecule has 3 rings (SSSR count). The van der Waals surface area contributed by atoms with E-state index in [0.717, 1.165) is 62.6 Å². The van der Waals surface area contributed by atoms with Crippen LogP contribution in [0.4, 0.5) is 0 Å². The molecule has 112 valence electrons. The number of aliphatic hydroxyl groups is 1. The molecule has 4 nitrogen and oxygen atoms in total. The summed E-state index contributed by atoms with van der Waals surface area (Å²) in [6.45, 7) is 5.32. The third-order valence-electron chi connectivity index (χ3n) is 4.36. The summed E-state index contributed by atoms with van der Waals surface area (Å²) in [5.41, 5.74) is 0.593. The first-order valence-electron chi connectivity index (χ1n) is 7.63. The average molecular weight is 296 g/mol. The summed E-state index contributed by atoms with van der Waals surface area (Å²) in [7, 11) is 0. The molecule has 0 amide bonds. The molecule has 1 aliphatic heterocycles. The molecule has 0 aromatic carbocycles. The largest absolute Gasteiger partial charge is 0.389 e. The van der Waals surface area contributed by atoms with Crippen molar-refractivity contribution in [3.8, 4) is 0 Å². The van der Waals surface area contributed by atoms with Gasteiger partial charge in [-0.25, -0.2) is 4.98 Å². The molecule has 0 spiro atoms. The lowest BCUT2D eigenvalue weighted by molar-refractivity contribution is -0.0766. The molecule has 20 heavy (non-hydrogen) atoms. The van der Waals surface area contributed by atoms with Crippen LogP contribution in [0.25, 0.3) is 0 Å². The maximum absolute atomic E-state index is 10.7.